The lowest BCUT2D eigenvalue weighted by Crippen LogP contribution is -2.51. The van der Waals surface area contributed by atoms with Crippen molar-refractivity contribution in [2.45, 2.75) is 19.1 Å². The minimum atomic E-state index is -0.386. The van der Waals surface area contributed by atoms with Crippen LogP contribution in [0.2, 0.25) is 0 Å². The van der Waals surface area contributed by atoms with Crippen molar-refractivity contribution in [1.29, 1.82) is 0 Å². The Kier molecular flexibility index (Phi) is 5.05. The van der Waals surface area contributed by atoms with E-state index in [4.69, 9.17) is 9.84 Å². The SMILES string of the molecule is CC1COC(CO)CN1CC(=O)Nc1cccc(F)c1. The number of nitrogens with zero attached hydrogens (tertiary/aromatic N) is 1. The first kappa shape index (κ1) is 14.9. The molecule has 5 nitrogen and oxygen atoms in total. The van der Waals surface area contributed by atoms with Crippen molar-refractivity contribution in [2.75, 3.05) is 31.6 Å². The normalized spacial score (nSPS) is 23.6. The largest absolute Gasteiger partial charge is 0.394 e. The molecule has 1 fully saturated rings. The lowest BCUT2D eigenvalue weighted by molar-refractivity contribution is -0.122. The van der Waals surface area contributed by atoms with Gasteiger partial charge in [-0.15, -0.1) is 0 Å². The number of nitrogens with one attached hydrogen (secondary N) is 1. The molecule has 1 aliphatic rings. The van der Waals surface area contributed by atoms with Gasteiger partial charge < -0.3 is 15.2 Å². The van der Waals surface area contributed by atoms with E-state index in [1.165, 1.54) is 12.1 Å². The van der Waals surface area contributed by atoms with E-state index >= 15 is 0 Å². The zero-order valence-electron chi connectivity index (χ0n) is 11.4. The summed E-state index contributed by atoms with van der Waals surface area (Å²) >= 11 is 0. The van der Waals surface area contributed by atoms with Gasteiger partial charge in [-0.05, 0) is 25.1 Å². The number of halogens is 1. The number of amides is 1. The Morgan fingerprint density at radius 1 is 1.60 bits per heavy atom. The second-order valence-corrected chi connectivity index (χ2v) is 4.97. The summed E-state index contributed by atoms with van der Waals surface area (Å²) in [7, 11) is 0. The number of carbonyl (C=O) groups excluding carboxylic acids is 1. The summed E-state index contributed by atoms with van der Waals surface area (Å²) in [6.45, 7) is 3.09. The number of ether oxygens (including phenoxy) is 1. The number of aliphatic hydroxyl groups is 1. The van der Waals surface area contributed by atoms with Gasteiger partial charge in [-0.1, -0.05) is 6.07 Å². The maximum absolute atomic E-state index is 13.0. The second kappa shape index (κ2) is 6.78. The number of carbonyl (C=O) groups is 1. The first-order valence-electron chi connectivity index (χ1n) is 6.60. The summed E-state index contributed by atoms with van der Waals surface area (Å²) in [6, 6.07) is 5.89. The third-order valence-corrected chi connectivity index (χ3v) is 3.29. The van der Waals surface area contributed by atoms with Gasteiger partial charge in [-0.3, -0.25) is 9.69 Å². The van der Waals surface area contributed by atoms with E-state index in [1.54, 1.807) is 12.1 Å². The quantitative estimate of drug-likeness (QED) is 0.859. The van der Waals surface area contributed by atoms with Crippen LogP contribution in [0, 0.1) is 5.82 Å². The standard InChI is InChI=1S/C14H19FN2O3/c1-10-9-20-13(8-18)6-17(10)7-14(19)16-12-4-2-3-11(15)5-12/h2-5,10,13,18H,6-9H2,1H3,(H,16,19). The van der Waals surface area contributed by atoms with Crippen LogP contribution in [-0.2, 0) is 9.53 Å². The van der Waals surface area contributed by atoms with Gasteiger partial charge in [0.05, 0.1) is 25.9 Å². The Balaban J connectivity index is 1.90. The van der Waals surface area contributed by atoms with Gasteiger partial charge in [0.1, 0.15) is 5.82 Å². The molecule has 1 amide bonds. The molecular formula is C14H19FN2O3. The van der Waals surface area contributed by atoms with Crippen LogP contribution < -0.4 is 5.32 Å². The lowest BCUT2D eigenvalue weighted by atomic mass is 10.2. The fourth-order valence-electron chi connectivity index (χ4n) is 2.16. The summed E-state index contributed by atoms with van der Waals surface area (Å²) in [5, 5.41) is 11.8. The highest BCUT2D eigenvalue weighted by Gasteiger charge is 2.26. The predicted octanol–water partition coefficient (Wildman–Crippen LogP) is 0.846. The molecule has 2 N–H and O–H groups in total. The van der Waals surface area contributed by atoms with E-state index in [2.05, 4.69) is 5.32 Å². The topological polar surface area (TPSA) is 61.8 Å². The Morgan fingerprint density at radius 2 is 2.40 bits per heavy atom. The van der Waals surface area contributed by atoms with Crippen LogP contribution in [0.3, 0.4) is 0 Å². The highest BCUT2D eigenvalue weighted by atomic mass is 19.1. The number of rotatable bonds is 4. The Bertz CT molecular complexity index is 469. The molecule has 0 bridgehead atoms. The second-order valence-electron chi connectivity index (χ2n) is 4.97. The van der Waals surface area contributed by atoms with E-state index < -0.39 is 0 Å². The van der Waals surface area contributed by atoms with Crippen molar-refractivity contribution in [3.05, 3.63) is 30.1 Å². The zero-order valence-corrected chi connectivity index (χ0v) is 11.4. The van der Waals surface area contributed by atoms with E-state index in [0.717, 1.165) is 0 Å². The van der Waals surface area contributed by atoms with Crippen molar-refractivity contribution in [2.24, 2.45) is 0 Å². The van der Waals surface area contributed by atoms with Crippen LogP contribution in [0.4, 0.5) is 10.1 Å². The van der Waals surface area contributed by atoms with Gasteiger partial charge >= 0.3 is 0 Å². The van der Waals surface area contributed by atoms with E-state index in [-0.39, 0.29) is 37.0 Å². The van der Waals surface area contributed by atoms with Crippen LogP contribution in [0.5, 0.6) is 0 Å². The fraction of sp³-hybridized carbons (Fsp3) is 0.500. The van der Waals surface area contributed by atoms with Crippen molar-refractivity contribution in [3.8, 4) is 0 Å². The number of morpholine rings is 1. The molecule has 2 rings (SSSR count). The first-order chi connectivity index (χ1) is 9.58. The first-order valence-corrected chi connectivity index (χ1v) is 6.60. The third kappa shape index (κ3) is 4.00. The molecule has 0 radical (unpaired) electrons. The number of hydrogen-bond acceptors (Lipinski definition) is 4. The minimum Gasteiger partial charge on any atom is -0.394 e. The van der Waals surface area contributed by atoms with Crippen LogP contribution >= 0.6 is 0 Å². The maximum Gasteiger partial charge on any atom is 0.238 e. The zero-order chi connectivity index (χ0) is 14.5. The Labute approximate surface area is 117 Å². The molecular weight excluding hydrogens is 263 g/mol. The maximum atomic E-state index is 13.0. The molecule has 0 saturated carbocycles. The van der Waals surface area contributed by atoms with Gasteiger partial charge in [-0.2, -0.15) is 0 Å². The third-order valence-electron chi connectivity index (χ3n) is 3.29. The molecule has 1 heterocycles. The van der Waals surface area contributed by atoms with Crippen LogP contribution in [-0.4, -0.2) is 54.4 Å². The van der Waals surface area contributed by atoms with Crippen LogP contribution in [0.25, 0.3) is 0 Å². The molecule has 0 aromatic heterocycles. The summed E-state index contributed by atoms with van der Waals surface area (Å²) < 4.78 is 18.4. The molecule has 6 heteroatoms. The van der Waals surface area contributed by atoms with Gasteiger partial charge in [-0.25, -0.2) is 4.39 Å². The average Bonchev–Trinajstić information content (AvgIpc) is 2.41. The van der Waals surface area contributed by atoms with Crippen LogP contribution in [0.15, 0.2) is 24.3 Å². The van der Waals surface area contributed by atoms with Crippen molar-refractivity contribution in [1.82, 2.24) is 4.90 Å². The van der Waals surface area contributed by atoms with Gasteiger partial charge in [0, 0.05) is 18.3 Å². The Morgan fingerprint density at radius 3 is 3.10 bits per heavy atom. The number of hydrogen-bond donors (Lipinski definition) is 2. The summed E-state index contributed by atoms with van der Waals surface area (Å²) in [5.74, 6) is -0.594. The van der Waals surface area contributed by atoms with Crippen molar-refractivity contribution < 1.29 is 19.0 Å². The molecule has 2 unspecified atom stereocenters. The predicted molar refractivity (Wildman–Crippen MR) is 72.9 cm³/mol. The highest BCUT2D eigenvalue weighted by Crippen LogP contribution is 2.13. The van der Waals surface area contributed by atoms with E-state index in [0.29, 0.717) is 18.8 Å². The van der Waals surface area contributed by atoms with Crippen molar-refractivity contribution >= 4 is 11.6 Å². The molecule has 0 aliphatic carbocycles. The molecule has 1 aromatic rings. The van der Waals surface area contributed by atoms with Gasteiger partial charge in [0.15, 0.2) is 0 Å². The summed E-state index contributed by atoms with van der Waals surface area (Å²) in [6.07, 6.45) is -0.256. The summed E-state index contributed by atoms with van der Waals surface area (Å²) in [4.78, 5) is 13.9. The highest BCUT2D eigenvalue weighted by molar-refractivity contribution is 5.92. The lowest BCUT2D eigenvalue weighted by Gasteiger charge is -2.36. The van der Waals surface area contributed by atoms with Crippen LogP contribution in [0.1, 0.15) is 6.92 Å². The van der Waals surface area contributed by atoms with Gasteiger partial charge in [0.2, 0.25) is 5.91 Å². The molecule has 20 heavy (non-hydrogen) atoms. The molecule has 110 valence electrons. The molecule has 1 aromatic carbocycles. The molecule has 0 spiro atoms. The monoisotopic (exact) mass is 282 g/mol. The minimum absolute atomic E-state index is 0.0608. The van der Waals surface area contributed by atoms with E-state index in [9.17, 15) is 9.18 Å². The van der Waals surface area contributed by atoms with Gasteiger partial charge in [0.25, 0.3) is 0 Å². The molecule has 1 saturated heterocycles. The number of benzene rings is 1. The number of anilines is 1. The smallest absolute Gasteiger partial charge is 0.238 e. The van der Waals surface area contributed by atoms with E-state index in [1.807, 2.05) is 11.8 Å². The van der Waals surface area contributed by atoms with Crippen molar-refractivity contribution in [3.63, 3.8) is 0 Å². The molecule has 1 aliphatic heterocycles. The summed E-state index contributed by atoms with van der Waals surface area (Å²) in [5.41, 5.74) is 0.439. The fourth-order valence-corrected chi connectivity index (χ4v) is 2.16. The average molecular weight is 282 g/mol. The molecule has 2 atom stereocenters. The number of aliphatic hydroxyl groups excluding tert-OH is 1. The Hall–Kier alpha value is -1.50.